The van der Waals surface area contributed by atoms with Crippen molar-refractivity contribution in [2.45, 2.75) is 20.0 Å². The van der Waals surface area contributed by atoms with Crippen LogP contribution in [0, 0.1) is 0 Å². The van der Waals surface area contributed by atoms with E-state index in [-0.39, 0.29) is 18.4 Å². The second kappa shape index (κ2) is 8.99. The smallest absolute Gasteiger partial charge is 0.271 e. The summed E-state index contributed by atoms with van der Waals surface area (Å²) in [5.41, 5.74) is 6.72. The van der Waals surface area contributed by atoms with Crippen LogP contribution in [0.4, 0.5) is 0 Å². The maximum Gasteiger partial charge on any atom is 0.271 e. The molecule has 0 saturated carbocycles. The number of amides is 2. The van der Waals surface area contributed by atoms with Crippen LogP contribution >= 0.6 is 11.3 Å². The van der Waals surface area contributed by atoms with Gasteiger partial charge in [0.1, 0.15) is 16.5 Å². The average molecular weight is 348 g/mol. The zero-order chi connectivity index (χ0) is 17.4. The van der Waals surface area contributed by atoms with Gasteiger partial charge in [-0.15, -0.1) is 11.3 Å². The van der Waals surface area contributed by atoms with Crippen LogP contribution in [-0.2, 0) is 17.9 Å². The van der Waals surface area contributed by atoms with E-state index in [0.717, 1.165) is 10.6 Å². The van der Waals surface area contributed by atoms with Crippen LogP contribution in [0.2, 0.25) is 0 Å². The Kier molecular flexibility index (Phi) is 6.71. The molecule has 0 aliphatic rings. The van der Waals surface area contributed by atoms with E-state index in [9.17, 15) is 9.59 Å². The second-order valence-corrected chi connectivity index (χ2v) is 5.85. The predicted molar refractivity (Wildman–Crippen MR) is 91.8 cm³/mol. The summed E-state index contributed by atoms with van der Waals surface area (Å²) >= 11 is 1.36. The van der Waals surface area contributed by atoms with Gasteiger partial charge in [-0.2, -0.15) is 0 Å². The number of nitrogens with zero attached hydrogens (tertiary/aromatic N) is 1. The van der Waals surface area contributed by atoms with Gasteiger partial charge < -0.3 is 21.1 Å². The van der Waals surface area contributed by atoms with Crippen molar-refractivity contribution in [3.63, 3.8) is 0 Å². The lowest BCUT2D eigenvalue weighted by Gasteiger charge is -2.08. The number of hydrogen-bond donors (Lipinski definition) is 3. The zero-order valence-electron chi connectivity index (χ0n) is 13.4. The number of aromatic nitrogens is 1. The molecule has 7 nitrogen and oxygen atoms in total. The lowest BCUT2D eigenvalue weighted by molar-refractivity contribution is -0.122. The van der Waals surface area contributed by atoms with Gasteiger partial charge in [0.15, 0.2) is 6.61 Å². The van der Waals surface area contributed by atoms with Gasteiger partial charge in [-0.25, -0.2) is 4.98 Å². The van der Waals surface area contributed by atoms with Crippen LogP contribution < -0.4 is 21.1 Å². The number of nitrogens with one attached hydrogen (secondary N) is 2. The van der Waals surface area contributed by atoms with Gasteiger partial charge in [-0.1, -0.05) is 12.1 Å². The molecule has 0 unspecified atom stereocenters. The van der Waals surface area contributed by atoms with Crippen LogP contribution in [0.1, 0.15) is 28.0 Å². The maximum atomic E-state index is 12.0. The van der Waals surface area contributed by atoms with E-state index in [1.54, 1.807) is 17.5 Å². The molecule has 0 aliphatic carbocycles. The molecule has 1 heterocycles. The van der Waals surface area contributed by atoms with Crippen LogP contribution in [0.15, 0.2) is 29.6 Å². The first-order valence-electron chi connectivity index (χ1n) is 7.53. The van der Waals surface area contributed by atoms with Gasteiger partial charge in [-0.05, 0) is 24.6 Å². The van der Waals surface area contributed by atoms with Crippen molar-refractivity contribution in [2.75, 3.05) is 13.2 Å². The Hall–Kier alpha value is -2.45. The van der Waals surface area contributed by atoms with E-state index in [1.165, 1.54) is 11.3 Å². The fraction of sp³-hybridized carbons (Fsp3) is 0.312. The standard InChI is InChI=1S/C16H20N4O3S/c1-2-18-14(21)9-23-12-5-3-4-11(6-12)8-19-16(22)13-10-24-15(7-17)20-13/h3-6,10H,2,7-9,17H2,1H3,(H,18,21)(H,19,22). The molecule has 0 bridgehead atoms. The summed E-state index contributed by atoms with van der Waals surface area (Å²) in [7, 11) is 0. The summed E-state index contributed by atoms with van der Waals surface area (Å²) in [4.78, 5) is 27.6. The molecule has 0 spiro atoms. The van der Waals surface area contributed by atoms with E-state index in [1.807, 2.05) is 19.1 Å². The highest BCUT2D eigenvalue weighted by Gasteiger charge is 2.10. The number of likely N-dealkylation sites (N-methyl/N-ethyl adjacent to an activating group) is 1. The Morgan fingerprint density at radius 2 is 2.17 bits per heavy atom. The minimum atomic E-state index is -0.250. The molecule has 2 amide bonds. The Labute approximate surface area is 144 Å². The Balaban J connectivity index is 1.87. The van der Waals surface area contributed by atoms with Gasteiger partial charge in [0.2, 0.25) is 0 Å². The number of ether oxygens (including phenoxy) is 1. The summed E-state index contributed by atoms with van der Waals surface area (Å²) in [6.07, 6.45) is 0. The quantitative estimate of drug-likeness (QED) is 0.661. The van der Waals surface area contributed by atoms with E-state index in [4.69, 9.17) is 10.5 Å². The minimum absolute atomic E-state index is 0.0374. The molecular formula is C16H20N4O3S. The molecule has 0 atom stereocenters. The highest BCUT2D eigenvalue weighted by molar-refractivity contribution is 7.09. The van der Waals surface area contributed by atoms with Crippen LogP contribution in [0.25, 0.3) is 0 Å². The van der Waals surface area contributed by atoms with Gasteiger partial charge >= 0.3 is 0 Å². The van der Waals surface area contributed by atoms with E-state index < -0.39 is 0 Å². The van der Waals surface area contributed by atoms with E-state index >= 15 is 0 Å². The molecule has 1 aromatic carbocycles. The highest BCUT2D eigenvalue weighted by Crippen LogP contribution is 2.14. The molecule has 0 radical (unpaired) electrons. The molecule has 2 rings (SSSR count). The van der Waals surface area contributed by atoms with Gasteiger partial charge in [-0.3, -0.25) is 9.59 Å². The van der Waals surface area contributed by atoms with E-state index in [0.29, 0.717) is 31.1 Å². The van der Waals surface area contributed by atoms with Crippen molar-refractivity contribution in [2.24, 2.45) is 5.73 Å². The first-order valence-corrected chi connectivity index (χ1v) is 8.41. The summed E-state index contributed by atoms with van der Waals surface area (Å²) in [6, 6.07) is 7.22. The fourth-order valence-electron chi connectivity index (χ4n) is 1.92. The minimum Gasteiger partial charge on any atom is -0.484 e. The van der Waals surface area contributed by atoms with Gasteiger partial charge in [0.25, 0.3) is 11.8 Å². The molecule has 128 valence electrons. The second-order valence-electron chi connectivity index (χ2n) is 4.90. The molecular weight excluding hydrogens is 328 g/mol. The van der Waals surface area contributed by atoms with Gasteiger partial charge in [0, 0.05) is 25.0 Å². The summed E-state index contributed by atoms with van der Waals surface area (Å²) in [5.74, 6) is 0.155. The molecule has 8 heteroatoms. The van der Waals surface area contributed by atoms with E-state index in [2.05, 4.69) is 15.6 Å². The molecule has 4 N–H and O–H groups in total. The van der Waals surface area contributed by atoms with Crippen LogP contribution in [0.3, 0.4) is 0 Å². The topological polar surface area (TPSA) is 106 Å². The lowest BCUT2D eigenvalue weighted by Crippen LogP contribution is -2.28. The zero-order valence-corrected chi connectivity index (χ0v) is 14.2. The molecule has 0 aliphatic heterocycles. The van der Waals surface area contributed by atoms with Crippen molar-refractivity contribution in [3.05, 3.63) is 45.9 Å². The van der Waals surface area contributed by atoms with Crippen LogP contribution in [-0.4, -0.2) is 29.9 Å². The monoisotopic (exact) mass is 348 g/mol. The first-order chi connectivity index (χ1) is 11.6. The molecule has 1 aromatic heterocycles. The third-order valence-corrected chi connectivity index (χ3v) is 3.93. The molecule has 0 saturated heterocycles. The predicted octanol–water partition coefficient (Wildman–Crippen LogP) is 1.05. The number of carbonyl (C=O) groups is 2. The van der Waals surface area contributed by atoms with Crippen molar-refractivity contribution < 1.29 is 14.3 Å². The van der Waals surface area contributed by atoms with Crippen LogP contribution in [0.5, 0.6) is 5.75 Å². The summed E-state index contributed by atoms with van der Waals surface area (Å²) < 4.78 is 5.42. The lowest BCUT2D eigenvalue weighted by atomic mass is 10.2. The normalized spacial score (nSPS) is 10.2. The number of carbonyl (C=O) groups excluding carboxylic acids is 2. The van der Waals surface area contributed by atoms with Crippen molar-refractivity contribution in [3.8, 4) is 5.75 Å². The fourth-order valence-corrected chi connectivity index (χ4v) is 2.58. The largest absolute Gasteiger partial charge is 0.484 e. The highest BCUT2D eigenvalue weighted by atomic mass is 32.1. The number of hydrogen-bond acceptors (Lipinski definition) is 6. The maximum absolute atomic E-state index is 12.0. The Bertz CT molecular complexity index is 702. The molecule has 0 fully saturated rings. The first kappa shape index (κ1) is 17.9. The Morgan fingerprint density at radius 3 is 2.88 bits per heavy atom. The van der Waals surface area contributed by atoms with Crippen molar-refractivity contribution in [1.29, 1.82) is 0 Å². The van der Waals surface area contributed by atoms with Crippen molar-refractivity contribution in [1.82, 2.24) is 15.6 Å². The van der Waals surface area contributed by atoms with Gasteiger partial charge in [0.05, 0.1) is 0 Å². The van der Waals surface area contributed by atoms with Crippen molar-refractivity contribution >= 4 is 23.2 Å². The Morgan fingerprint density at radius 1 is 1.33 bits per heavy atom. The molecule has 24 heavy (non-hydrogen) atoms. The average Bonchev–Trinajstić information content (AvgIpc) is 3.08. The number of benzene rings is 1. The number of thiazole rings is 1. The number of rotatable bonds is 8. The summed E-state index contributed by atoms with van der Waals surface area (Å²) in [5, 5.41) is 7.86. The SMILES string of the molecule is CCNC(=O)COc1cccc(CNC(=O)c2csc(CN)n2)c1. The number of nitrogens with two attached hydrogens (primary N) is 1. The summed E-state index contributed by atoms with van der Waals surface area (Å²) in [6.45, 7) is 3.04. The third kappa shape index (κ3) is 5.32. The molecule has 2 aromatic rings. The third-order valence-electron chi connectivity index (χ3n) is 3.05.